The van der Waals surface area contributed by atoms with Crippen molar-refractivity contribution in [2.45, 2.75) is 26.7 Å². The maximum absolute atomic E-state index is 13.6. The number of nitrogens with zero attached hydrogens (tertiary/aromatic N) is 2. The summed E-state index contributed by atoms with van der Waals surface area (Å²) >= 11 is 1.48. The lowest BCUT2D eigenvalue weighted by Gasteiger charge is -2.21. The molecule has 0 bridgehead atoms. The third kappa shape index (κ3) is 4.41. The molecular weight excluding hydrogens is 420 g/mol. The minimum atomic E-state index is -0.146. The molecule has 0 spiro atoms. The lowest BCUT2D eigenvalue weighted by Crippen LogP contribution is -2.27. The second kappa shape index (κ2) is 9.32. The number of fused-ring (bicyclic) bond motifs is 1. The van der Waals surface area contributed by atoms with Gasteiger partial charge in [0.05, 0.1) is 29.4 Å². The maximum Gasteiger partial charge on any atom is 0.237 e. The number of aromatic nitrogens is 1. The molecule has 0 radical (unpaired) electrons. The number of methoxy groups -OCH3 is 1. The second-order valence-electron chi connectivity index (χ2n) is 7.47. The predicted molar refractivity (Wildman–Crippen MR) is 129 cm³/mol. The van der Waals surface area contributed by atoms with Gasteiger partial charge in [0.1, 0.15) is 5.75 Å². The zero-order chi connectivity index (χ0) is 22.7. The van der Waals surface area contributed by atoms with Gasteiger partial charge in [0.2, 0.25) is 5.91 Å². The molecule has 4 aromatic rings. The highest BCUT2D eigenvalue weighted by Crippen LogP contribution is 2.34. The third-order valence-corrected chi connectivity index (χ3v) is 6.38. The van der Waals surface area contributed by atoms with Gasteiger partial charge in [0, 0.05) is 11.1 Å². The average Bonchev–Trinajstić information content (AvgIpc) is 3.23. The van der Waals surface area contributed by atoms with Gasteiger partial charge in [-0.3, -0.25) is 14.5 Å². The molecule has 0 atom stereocenters. The fourth-order valence-corrected chi connectivity index (χ4v) is 4.58. The van der Waals surface area contributed by atoms with Crippen molar-refractivity contribution in [2.24, 2.45) is 0 Å². The van der Waals surface area contributed by atoms with Crippen LogP contribution in [-0.4, -0.2) is 23.8 Å². The molecule has 4 rings (SSSR count). The first-order valence-electron chi connectivity index (χ1n) is 10.5. The van der Waals surface area contributed by atoms with Crippen LogP contribution in [0.5, 0.6) is 5.75 Å². The summed E-state index contributed by atoms with van der Waals surface area (Å²) in [6.45, 7) is 3.61. The Morgan fingerprint density at radius 2 is 1.78 bits per heavy atom. The van der Waals surface area contributed by atoms with Gasteiger partial charge in [-0.25, -0.2) is 4.98 Å². The van der Waals surface area contributed by atoms with Gasteiger partial charge in [-0.2, -0.15) is 0 Å². The second-order valence-corrected chi connectivity index (χ2v) is 8.48. The minimum Gasteiger partial charge on any atom is -0.496 e. The van der Waals surface area contributed by atoms with Crippen LogP contribution in [-0.2, 0) is 17.6 Å². The number of aryl methyl sites for hydroxylation is 1. The first-order valence-corrected chi connectivity index (χ1v) is 11.3. The van der Waals surface area contributed by atoms with Gasteiger partial charge in [0.25, 0.3) is 0 Å². The Bertz CT molecular complexity index is 1240. The fourth-order valence-electron chi connectivity index (χ4n) is 3.58. The molecule has 0 saturated heterocycles. The largest absolute Gasteiger partial charge is 0.496 e. The Hall–Kier alpha value is -3.51. The molecule has 1 amide bonds. The van der Waals surface area contributed by atoms with Crippen LogP contribution in [0.3, 0.4) is 0 Å². The van der Waals surface area contributed by atoms with E-state index in [0.717, 1.165) is 22.3 Å². The number of ether oxygens (including phenoxy) is 1. The van der Waals surface area contributed by atoms with Gasteiger partial charge in [0.15, 0.2) is 10.9 Å². The lowest BCUT2D eigenvalue weighted by molar-refractivity contribution is -0.117. The Kier molecular flexibility index (Phi) is 6.32. The highest BCUT2D eigenvalue weighted by atomic mass is 32.1. The average molecular weight is 445 g/mol. The van der Waals surface area contributed by atoms with E-state index in [1.54, 1.807) is 30.2 Å². The van der Waals surface area contributed by atoms with Gasteiger partial charge in [-0.15, -0.1) is 0 Å². The molecule has 0 aliphatic rings. The van der Waals surface area contributed by atoms with Gasteiger partial charge in [-0.05, 0) is 61.4 Å². The van der Waals surface area contributed by atoms with Crippen LogP contribution in [0.2, 0.25) is 0 Å². The molecule has 0 fully saturated rings. The first-order chi connectivity index (χ1) is 15.5. The Morgan fingerprint density at radius 1 is 1.03 bits per heavy atom. The normalized spacial score (nSPS) is 10.8. The molecule has 32 heavy (non-hydrogen) atoms. The molecule has 0 aliphatic carbocycles. The summed E-state index contributed by atoms with van der Waals surface area (Å²) in [5.41, 5.74) is 4.02. The minimum absolute atomic E-state index is 0.0560. The summed E-state index contributed by atoms with van der Waals surface area (Å²) in [5, 5.41) is 0.613. The maximum atomic E-state index is 13.6. The third-order valence-electron chi connectivity index (χ3n) is 5.35. The van der Waals surface area contributed by atoms with Crippen LogP contribution in [0, 0.1) is 0 Å². The van der Waals surface area contributed by atoms with E-state index in [1.807, 2.05) is 48.5 Å². The predicted octanol–water partition coefficient (Wildman–Crippen LogP) is 5.98. The van der Waals surface area contributed by atoms with Crippen molar-refractivity contribution in [1.29, 1.82) is 0 Å². The molecular formula is C26H24N2O3S. The molecule has 3 aromatic carbocycles. The van der Waals surface area contributed by atoms with Crippen LogP contribution in [0.15, 0.2) is 66.7 Å². The molecule has 162 valence electrons. The van der Waals surface area contributed by atoms with Gasteiger partial charge >= 0.3 is 0 Å². The van der Waals surface area contributed by atoms with Crippen molar-refractivity contribution in [3.63, 3.8) is 0 Å². The number of amides is 1. The summed E-state index contributed by atoms with van der Waals surface area (Å²) in [5.74, 6) is 0.376. The Morgan fingerprint density at radius 3 is 2.44 bits per heavy atom. The standard InChI is InChI=1S/C26H24N2O3S/c1-4-18-9-12-21(13-10-18)28(26-27-22-7-5-6-8-24(22)32-26)25(30)16-20-15-19(17(2)29)11-14-23(20)31-3/h5-15H,4,16H2,1-3H3. The summed E-state index contributed by atoms with van der Waals surface area (Å²) in [6, 6.07) is 21.0. The summed E-state index contributed by atoms with van der Waals surface area (Å²) in [6.07, 6.45) is 1.00. The lowest BCUT2D eigenvalue weighted by atomic mass is 10.0. The molecule has 0 aliphatic heterocycles. The molecule has 1 aromatic heterocycles. The molecule has 0 N–H and O–H groups in total. The van der Waals surface area contributed by atoms with E-state index in [1.165, 1.54) is 23.8 Å². The monoisotopic (exact) mass is 444 g/mol. The number of rotatable bonds is 7. The molecule has 0 saturated carbocycles. The number of thiazole rings is 1. The van der Waals surface area contributed by atoms with Crippen LogP contribution in [0.4, 0.5) is 10.8 Å². The molecule has 1 heterocycles. The van der Waals surface area contributed by atoms with Crippen molar-refractivity contribution >= 4 is 44.1 Å². The van der Waals surface area contributed by atoms with Crippen molar-refractivity contribution < 1.29 is 14.3 Å². The van der Waals surface area contributed by atoms with E-state index in [-0.39, 0.29) is 18.1 Å². The molecule has 5 nitrogen and oxygen atoms in total. The van der Waals surface area contributed by atoms with E-state index >= 15 is 0 Å². The molecule has 0 unspecified atom stereocenters. The zero-order valence-corrected chi connectivity index (χ0v) is 19.1. The smallest absolute Gasteiger partial charge is 0.237 e. The van der Waals surface area contributed by atoms with Gasteiger partial charge < -0.3 is 4.74 Å². The zero-order valence-electron chi connectivity index (χ0n) is 18.3. The number of para-hydroxylation sites is 1. The number of hydrogen-bond donors (Lipinski definition) is 0. The van der Waals surface area contributed by atoms with Crippen LogP contribution >= 0.6 is 11.3 Å². The van der Waals surface area contributed by atoms with E-state index in [9.17, 15) is 9.59 Å². The number of hydrogen-bond acceptors (Lipinski definition) is 5. The number of benzene rings is 3. The summed E-state index contributed by atoms with van der Waals surface area (Å²) in [7, 11) is 1.56. The topological polar surface area (TPSA) is 59.5 Å². The van der Waals surface area contributed by atoms with Crippen molar-refractivity contribution in [3.05, 3.63) is 83.4 Å². The Balaban J connectivity index is 1.76. The van der Waals surface area contributed by atoms with E-state index in [0.29, 0.717) is 22.0 Å². The number of anilines is 2. The highest BCUT2D eigenvalue weighted by molar-refractivity contribution is 7.22. The molecule has 6 heteroatoms. The van der Waals surface area contributed by atoms with E-state index < -0.39 is 0 Å². The summed E-state index contributed by atoms with van der Waals surface area (Å²) < 4.78 is 6.47. The highest BCUT2D eigenvalue weighted by Gasteiger charge is 2.23. The number of ketones is 1. The number of carbonyl (C=O) groups excluding carboxylic acids is 2. The Labute approximate surface area is 191 Å². The fraction of sp³-hybridized carbons (Fsp3) is 0.192. The van der Waals surface area contributed by atoms with Crippen molar-refractivity contribution in [2.75, 3.05) is 12.0 Å². The van der Waals surface area contributed by atoms with Crippen LogP contribution in [0.1, 0.15) is 35.3 Å². The summed E-state index contributed by atoms with van der Waals surface area (Å²) in [4.78, 5) is 31.9. The van der Waals surface area contributed by atoms with Crippen LogP contribution < -0.4 is 9.64 Å². The van der Waals surface area contributed by atoms with E-state index in [2.05, 4.69) is 6.92 Å². The number of Topliss-reactive ketones (excluding diaryl/α,β-unsaturated/α-hetero) is 1. The van der Waals surface area contributed by atoms with Crippen LogP contribution in [0.25, 0.3) is 10.2 Å². The number of carbonyl (C=O) groups is 2. The first kappa shape index (κ1) is 21.7. The quantitative estimate of drug-likeness (QED) is 0.329. The van der Waals surface area contributed by atoms with E-state index in [4.69, 9.17) is 9.72 Å². The van der Waals surface area contributed by atoms with Gasteiger partial charge in [-0.1, -0.05) is 42.5 Å². The van der Waals surface area contributed by atoms with Crippen molar-refractivity contribution in [1.82, 2.24) is 4.98 Å². The van der Waals surface area contributed by atoms with Crippen molar-refractivity contribution in [3.8, 4) is 5.75 Å². The SMILES string of the molecule is CCc1ccc(N(C(=O)Cc2cc(C(C)=O)ccc2OC)c2nc3ccccc3s2)cc1.